The SMILES string of the molecule is CC(C=O)N(c1cccc(CCC2C(=O)c3ccccc3C2c2ccc(F)cn2)n1)C1CC1. The molecule has 0 N–H and O–H groups in total. The molecule has 0 bridgehead atoms. The lowest BCUT2D eigenvalue weighted by Crippen LogP contribution is -2.36. The molecule has 5 nitrogen and oxygen atoms in total. The number of fused-ring (bicyclic) bond motifs is 1. The highest BCUT2D eigenvalue weighted by Crippen LogP contribution is 2.43. The Bertz CT molecular complexity index is 1180. The zero-order valence-electron chi connectivity index (χ0n) is 18.5. The molecule has 3 atom stereocenters. The van der Waals surface area contributed by atoms with E-state index < -0.39 is 5.82 Å². The molecule has 0 amide bonds. The number of ketones is 1. The van der Waals surface area contributed by atoms with Crippen LogP contribution in [0.25, 0.3) is 0 Å². The van der Waals surface area contributed by atoms with E-state index in [1.54, 1.807) is 6.07 Å². The van der Waals surface area contributed by atoms with Gasteiger partial charge in [-0.3, -0.25) is 9.78 Å². The van der Waals surface area contributed by atoms with E-state index in [1.165, 1.54) is 12.3 Å². The van der Waals surface area contributed by atoms with Gasteiger partial charge in [-0.25, -0.2) is 9.37 Å². The predicted molar refractivity (Wildman–Crippen MR) is 124 cm³/mol. The number of aromatic nitrogens is 2. The highest BCUT2D eigenvalue weighted by Gasteiger charge is 2.40. The van der Waals surface area contributed by atoms with Crippen molar-refractivity contribution in [2.24, 2.45) is 5.92 Å². The first-order chi connectivity index (χ1) is 16.1. The average Bonchev–Trinajstić information content (AvgIpc) is 3.63. The molecule has 2 aromatic heterocycles. The van der Waals surface area contributed by atoms with Crippen molar-refractivity contribution in [2.45, 2.75) is 50.6 Å². The first-order valence-corrected chi connectivity index (χ1v) is 11.5. The monoisotopic (exact) mass is 443 g/mol. The number of anilines is 1. The molecule has 0 saturated heterocycles. The molecule has 2 heterocycles. The summed E-state index contributed by atoms with van der Waals surface area (Å²) in [4.78, 5) is 36.0. The maximum atomic E-state index is 13.5. The van der Waals surface area contributed by atoms with Crippen LogP contribution >= 0.6 is 0 Å². The van der Waals surface area contributed by atoms with Crippen LogP contribution in [0.4, 0.5) is 10.2 Å². The summed E-state index contributed by atoms with van der Waals surface area (Å²) in [5, 5.41) is 0. The Morgan fingerprint density at radius 3 is 2.67 bits per heavy atom. The minimum absolute atomic E-state index is 0.104. The zero-order valence-corrected chi connectivity index (χ0v) is 18.5. The molecule has 2 aliphatic carbocycles. The summed E-state index contributed by atoms with van der Waals surface area (Å²) in [6, 6.07) is 16.7. The fraction of sp³-hybridized carbons (Fsp3) is 0.333. The minimum atomic E-state index is -0.390. The number of pyridine rings is 2. The van der Waals surface area contributed by atoms with Gasteiger partial charge in [0.25, 0.3) is 0 Å². The van der Waals surface area contributed by atoms with Crippen molar-refractivity contribution in [1.29, 1.82) is 0 Å². The molecule has 0 spiro atoms. The number of aryl methyl sites for hydroxylation is 1. The van der Waals surface area contributed by atoms with Gasteiger partial charge >= 0.3 is 0 Å². The number of Topliss-reactive ketones (excluding diaryl/α,β-unsaturated/α-hetero) is 1. The molecule has 3 unspecified atom stereocenters. The molecule has 0 aliphatic heterocycles. The van der Waals surface area contributed by atoms with E-state index in [0.717, 1.165) is 41.8 Å². The highest BCUT2D eigenvalue weighted by molar-refractivity contribution is 6.03. The van der Waals surface area contributed by atoms with E-state index in [4.69, 9.17) is 4.98 Å². The number of carbonyl (C=O) groups excluding carboxylic acids is 2. The second kappa shape index (κ2) is 8.85. The van der Waals surface area contributed by atoms with Crippen LogP contribution in [0.3, 0.4) is 0 Å². The molecule has 1 aromatic carbocycles. The molecule has 1 saturated carbocycles. The standard InChI is InChI=1S/C27H26FN3O2/c1-17(16-32)31(20-11-12-20)25-8-4-5-19(30-25)10-13-23-26(24-14-9-18(28)15-29-24)21-6-2-3-7-22(21)27(23)33/h2-9,14-17,20,23,26H,10-13H2,1H3. The van der Waals surface area contributed by atoms with E-state index in [1.807, 2.05) is 49.4 Å². The van der Waals surface area contributed by atoms with Gasteiger partial charge in [0, 0.05) is 34.8 Å². The summed E-state index contributed by atoms with van der Waals surface area (Å²) in [6.45, 7) is 1.90. The first-order valence-electron chi connectivity index (χ1n) is 11.5. The van der Waals surface area contributed by atoms with Crippen molar-refractivity contribution >= 4 is 17.9 Å². The second-order valence-electron chi connectivity index (χ2n) is 8.98. The van der Waals surface area contributed by atoms with Gasteiger partial charge in [0.15, 0.2) is 5.78 Å². The lowest BCUT2D eigenvalue weighted by Gasteiger charge is -2.27. The lowest BCUT2D eigenvalue weighted by molar-refractivity contribution is -0.108. The van der Waals surface area contributed by atoms with Crippen molar-refractivity contribution in [1.82, 2.24) is 9.97 Å². The number of hydrogen-bond donors (Lipinski definition) is 0. The Morgan fingerprint density at radius 2 is 1.94 bits per heavy atom. The summed E-state index contributed by atoms with van der Waals surface area (Å²) in [5.41, 5.74) is 3.28. The maximum Gasteiger partial charge on any atom is 0.167 e. The summed E-state index contributed by atoms with van der Waals surface area (Å²) in [7, 11) is 0. The first kappa shape index (κ1) is 21.4. The maximum absolute atomic E-state index is 13.5. The van der Waals surface area contributed by atoms with Gasteiger partial charge < -0.3 is 9.69 Å². The number of halogens is 1. The van der Waals surface area contributed by atoms with Gasteiger partial charge in [0.2, 0.25) is 0 Å². The Kier molecular flexibility index (Phi) is 5.75. The van der Waals surface area contributed by atoms with Crippen LogP contribution in [0.5, 0.6) is 0 Å². The fourth-order valence-corrected chi connectivity index (χ4v) is 4.99. The van der Waals surface area contributed by atoms with Crippen LogP contribution < -0.4 is 4.90 Å². The summed E-state index contributed by atoms with van der Waals surface area (Å²) < 4.78 is 13.5. The van der Waals surface area contributed by atoms with E-state index in [0.29, 0.717) is 24.6 Å². The normalized spacial score (nSPS) is 20.4. The van der Waals surface area contributed by atoms with Crippen molar-refractivity contribution < 1.29 is 14.0 Å². The average molecular weight is 444 g/mol. The number of nitrogens with zero attached hydrogens (tertiary/aromatic N) is 3. The van der Waals surface area contributed by atoms with Crippen LogP contribution in [0.2, 0.25) is 0 Å². The fourth-order valence-electron chi connectivity index (χ4n) is 4.99. The van der Waals surface area contributed by atoms with Crippen LogP contribution in [0, 0.1) is 11.7 Å². The number of hydrogen-bond acceptors (Lipinski definition) is 5. The quantitative estimate of drug-likeness (QED) is 0.470. The molecule has 6 heteroatoms. The van der Waals surface area contributed by atoms with Crippen LogP contribution in [0.15, 0.2) is 60.8 Å². The zero-order chi connectivity index (χ0) is 22.9. The lowest BCUT2D eigenvalue weighted by atomic mass is 9.85. The molecule has 3 aromatic rings. The Balaban J connectivity index is 1.40. The van der Waals surface area contributed by atoms with Crippen molar-refractivity contribution in [3.05, 3.63) is 89.1 Å². The van der Waals surface area contributed by atoms with Crippen molar-refractivity contribution in [3.63, 3.8) is 0 Å². The summed E-state index contributed by atoms with van der Waals surface area (Å²) in [5.74, 6) is 0.0490. The molecule has 33 heavy (non-hydrogen) atoms. The number of aldehydes is 1. The third-order valence-electron chi connectivity index (χ3n) is 6.71. The van der Waals surface area contributed by atoms with E-state index in [9.17, 15) is 14.0 Å². The van der Waals surface area contributed by atoms with E-state index in [2.05, 4.69) is 9.88 Å². The van der Waals surface area contributed by atoms with E-state index >= 15 is 0 Å². The van der Waals surface area contributed by atoms with Crippen molar-refractivity contribution in [3.8, 4) is 0 Å². The molecule has 1 fully saturated rings. The molecular weight excluding hydrogens is 417 g/mol. The third kappa shape index (κ3) is 4.17. The number of rotatable bonds is 8. The van der Waals surface area contributed by atoms with Crippen molar-refractivity contribution in [2.75, 3.05) is 4.90 Å². The Hall–Kier alpha value is -3.41. The summed E-state index contributed by atoms with van der Waals surface area (Å²) >= 11 is 0. The van der Waals surface area contributed by atoms with Gasteiger partial charge in [0.05, 0.1) is 12.2 Å². The van der Waals surface area contributed by atoms with Gasteiger partial charge in [-0.15, -0.1) is 0 Å². The van der Waals surface area contributed by atoms with Gasteiger partial charge in [0.1, 0.15) is 17.9 Å². The largest absolute Gasteiger partial charge is 0.344 e. The Labute approximate surface area is 192 Å². The predicted octanol–water partition coefficient (Wildman–Crippen LogP) is 4.75. The number of carbonyl (C=O) groups is 2. The molecule has 0 radical (unpaired) electrons. The molecule has 5 rings (SSSR count). The van der Waals surface area contributed by atoms with Crippen LogP contribution in [-0.4, -0.2) is 34.1 Å². The van der Waals surface area contributed by atoms with Gasteiger partial charge in [-0.2, -0.15) is 0 Å². The smallest absolute Gasteiger partial charge is 0.167 e. The topological polar surface area (TPSA) is 63.2 Å². The van der Waals surface area contributed by atoms with Crippen LogP contribution in [-0.2, 0) is 11.2 Å². The Morgan fingerprint density at radius 1 is 1.12 bits per heavy atom. The van der Waals surface area contributed by atoms with Gasteiger partial charge in [-0.05, 0) is 62.4 Å². The second-order valence-corrected chi connectivity index (χ2v) is 8.98. The summed E-state index contributed by atoms with van der Waals surface area (Å²) in [6.07, 6.45) is 5.56. The molecule has 168 valence electrons. The third-order valence-corrected chi connectivity index (χ3v) is 6.71. The van der Waals surface area contributed by atoms with E-state index in [-0.39, 0.29) is 23.7 Å². The minimum Gasteiger partial charge on any atom is -0.344 e. The molecule has 2 aliphatic rings. The molecular formula is C27H26FN3O2. The highest BCUT2D eigenvalue weighted by atomic mass is 19.1. The van der Waals surface area contributed by atoms with Gasteiger partial charge in [-0.1, -0.05) is 30.3 Å². The van der Waals surface area contributed by atoms with Crippen LogP contribution in [0.1, 0.15) is 59.4 Å². The number of benzene rings is 1.